The highest BCUT2D eigenvalue weighted by molar-refractivity contribution is 6.31. The molecular weight excluding hydrogens is 236 g/mol. The molecule has 0 spiro atoms. The van der Waals surface area contributed by atoms with Crippen molar-refractivity contribution in [2.24, 2.45) is 0 Å². The minimum atomic E-state index is 0.215. The Morgan fingerprint density at radius 2 is 1.82 bits per heavy atom. The van der Waals surface area contributed by atoms with Gasteiger partial charge in [0.05, 0.1) is 6.54 Å². The number of rotatable bonds is 3. The van der Waals surface area contributed by atoms with Gasteiger partial charge in [0.25, 0.3) is 0 Å². The molecule has 0 radical (unpaired) electrons. The molecule has 17 heavy (non-hydrogen) atoms. The first kappa shape index (κ1) is 11.9. The van der Waals surface area contributed by atoms with Crippen molar-refractivity contribution < 1.29 is 5.11 Å². The molecule has 0 aliphatic rings. The van der Waals surface area contributed by atoms with Gasteiger partial charge in [-0.25, -0.2) is 0 Å². The van der Waals surface area contributed by atoms with Crippen molar-refractivity contribution >= 4 is 11.6 Å². The van der Waals surface area contributed by atoms with Crippen LogP contribution >= 0.6 is 11.6 Å². The average Bonchev–Trinajstić information content (AvgIpc) is 2.59. The second-order valence-corrected chi connectivity index (χ2v) is 4.43. The summed E-state index contributed by atoms with van der Waals surface area (Å²) >= 11 is 6.04. The number of hydrogen-bond donors (Lipinski definition) is 2. The first-order valence-corrected chi connectivity index (χ1v) is 5.82. The van der Waals surface area contributed by atoms with Gasteiger partial charge >= 0.3 is 0 Å². The number of nitrogens with one attached hydrogen (secondary N) is 1. The molecule has 0 aliphatic heterocycles. The van der Waals surface area contributed by atoms with Crippen molar-refractivity contribution in [1.29, 1.82) is 0 Å². The smallest absolute Gasteiger partial charge is 0.122 e. The minimum Gasteiger partial charge on any atom is -0.508 e. The molecule has 0 fully saturated rings. The van der Waals surface area contributed by atoms with E-state index in [0.29, 0.717) is 17.1 Å². The summed E-state index contributed by atoms with van der Waals surface area (Å²) in [4.78, 5) is 0. The maximum absolute atomic E-state index is 9.72. The molecule has 1 aromatic carbocycles. The van der Waals surface area contributed by atoms with Crippen LogP contribution in [0.2, 0.25) is 5.02 Å². The Morgan fingerprint density at radius 1 is 1.18 bits per heavy atom. The SMILES string of the molecule is Cc1ccc(C)n1NCc1c(O)cccc1Cl. The van der Waals surface area contributed by atoms with Gasteiger partial charge in [-0.3, -0.25) is 4.68 Å². The highest BCUT2D eigenvalue weighted by atomic mass is 35.5. The molecule has 1 aromatic heterocycles. The molecule has 2 aromatic rings. The fourth-order valence-corrected chi connectivity index (χ4v) is 2.03. The predicted molar refractivity (Wildman–Crippen MR) is 70.1 cm³/mol. The van der Waals surface area contributed by atoms with E-state index in [0.717, 1.165) is 11.4 Å². The zero-order valence-electron chi connectivity index (χ0n) is 9.87. The number of benzene rings is 1. The fourth-order valence-electron chi connectivity index (χ4n) is 1.80. The first-order chi connectivity index (χ1) is 8.09. The first-order valence-electron chi connectivity index (χ1n) is 5.45. The summed E-state index contributed by atoms with van der Waals surface area (Å²) in [5.74, 6) is 0.215. The van der Waals surface area contributed by atoms with Gasteiger partial charge in [-0.15, -0.1) is 0 Å². The second kappa shape index (κ2) is 4.72. The van der Waals surface area contributed by atoms with Crippen LogP contribution in [-0.2, 0) is 6.54 Å². The molecule has 0 bridgehead atoms. The molecule has 3 nitrogen and oxygen atoms in total. The highest BCUT2D eigenvalue weighted by Gasteiger charge is 2.06. The number of hydrogen-bond acceptors (Lipinski definition) is 2. The van der Waals surface area contributed by atoms with E-state index in [1.807, 2.05) is 30.7 Å². The van der Waals surface area contributed by atoms with Gasteiger partial charge in [0.1, 0.15) is 5.75 Å². The highest BCUT2D eigenvalue weighted by Crippen LogP contribution is 2.25. The topological polar surface area (TPSA) is 37.2 Å². The summed E-state index contributed by atoms with van der Waals surface area (Å²) in [5, 5.41) is 10.3. The lowest BCUT2D eigenvalue weighted by molar-refractivity contribution is 0.468. The van der Waals surface area contributed by atoms with E-state index in [-0.39, 0.29) is 5.75 Å². The number of nitrogens with zero attached hydrogens (tertiary/aromatic N) is 1. The third-order valence-corrected chi connectivity index (χ3v) is 3.13. The molecule has 1 heterocycles. The Balaban J connectivity index is 2.18. The van der Waals surface area contributed by atoms with Crippen LogP contribution in [0.25, 0.3) is 0 Å². The summed E-state index contributed by atoms with van der Waals surface area (Å²) < 4.78 is 1.97. The third-order valence-electron chi connectivity index (χ3n) is 2.78. The third kappa shape index (κ3) is 2.39. The van der Waals surface area contributed by atoms with Crippen LogP contribution in [0.5, 0.6) is 5.75 Å². The van der Waals surface area contributed by atoms with E-state index < -0.39 is 0 Å². The van der Waals surface area contributed by atoms with Crippen LogP contribution in [0.15, 0.2) is 30.3 Å². The van der Waals surface area contributed by atoms with Crippen molar-refractivity contribution in [2.45, 2.75) is 20.4 Å². The molecular formula is C13H15ClN2O. The van der Waals surface area contributed by atoms with Gasteiger partial charge in [0.2, 0.25) is 0 Å². The van der Waals surface area contributed by atoms with E-state index in [1.54, 1.807) is 18.2 Å². The number of aryl methyl sites for hydroxylation is 2. The zero-order chi connectivity index (χ0) is 12.4. The number of phenols is 1. The maximum atomic E-state index is 9.72. The van der Waals surface area contributed by atoms with Crippen LogP contribution < -0.4 is 5.43 Å². The van der Waals surface area contributed by atoms with Crippen molar-refractivity contribution in [2.75, 3.05) is 5.43 Å². The summed E-state index contributed by atoms with van der Waals surface area (Å²) in [6, 6.07) is 9.21. The fraction of sp³-hybridized carbons (Fsp3) is 0.231. The summed E-state index contributed by atoms with van der Waals surface area (Å²) in [6.45, 7) is 4.53. The lowest BCUT2D eigenvalue weighted by atomic mass is 10.2. The predicted octanol–water partition coefficient (Wildman–Crippen LogP) is 3.21. The van der Waals surface area contributed by atoms with Crippen LogP contribution in [0.4, 0.5) is 0 Å². The Morgan fingerprint density at radius 3 is 2.41 bits per heavy atom. The van der Waals surface area contributed by atoms with E-state index in [2.05, 4.69) is 5.43 Å². The van der Waals surface area contributed by atoms with Crippen molar-refractivity contribution in [1.82, 2.24) is 4.68 Å². The Labute approximate surface area is 106 Å². The monoisotopic (exact) mass is 250 g/mol. The van der Waals surface area contributed by atoms with Crippen molar-refractivity contribution in [3.05, 3.63) is 52.3 Å². The molecule has 4 heteroatoms. The standard InChI is InChI=1S/C13H15ClN2O/c1-9-6-7-10(2)16(9)15-8-11-12(14)4-3-5-13(11)17/h3-7,15,17H,8H2,1-2H3. The quantitative estimate of drug-likeness (QED) is 0.878. The lowest BCUT2D eigenvalue weighted by Crippen LogP contribution is -2.17. The molecule has 0 amide bonds. The van der Waals surface area contributed by atoms with Crippen LogP contribution in [0, 0.1) is 13.8 Å². The number of halogens is 1. The van der Waals surface area contributed by atoms with Gasteiger partial charge in [-0.1, -0.05) is 17.7 Å². The van der Waals surface area contributed by atoms with Crippen LogP contribution in [0.1, 0.15) is 17.0 Å². The molecule has 2 rings (SSSR count). The summed E-state index contributed by atoms with van der Waals surface area (Å²) in [7, 11) is 0. The molecule has 0 aliphatic carbocycles. The minimum absolute atomic E-state index is 0.215. The van der Waals surface area contributed by atoms with E-state index in [1.165, 1.54) is 0 Å². The number of aromatic nitrogens is 1. The molecule has 90 valence electrons. The second-order valence-electron chi connectivity index (χ2n) is 4.02. The van der Waals surface area contributed by atoms with E-state index in [9.17, 15) is 5.11 Å². The molecule has 0 saturated heterocycles. The summed E-state index contributed by atoms with van der Waals surface area (Å²) in [5.41, 5.74) is 6.18. The summed E-state index contributed by atoms with van der Waals surface area (Å²) in [6.07, 6.45) is 0. The van der Waals surface area contributed by atoms with Gasteiger partial charge in [-0.2, -0.15) is 0 Å². The lowest BCUT2D eigenvalue weighted by Gasteiger charge is -2.14. The average molecular weight is 251 g/mol. The largest absolute Gasteiger partial charge is 0.508 e. The van der Waals surface area contributed by atoms with Gasteiger partial charge in [0, 0.05) is 22.0 Å². The molecule has 2 N–H and O–H groups in total. The van der Waals surface area contributed by atoms with Gasteiger partial charge in [0.15, 0.2) is 0 Å². The Kier molecular flexibility index (Phi) is 3.29. The Bertz CT molecular complexity index is 494. The number of phenolic OH excluding ortho intramolecular Hbond substituents is 1. The molecule has 0 unspecified atom stereocenters. The molecule has 0 atom stereocenters. The van der Waals surface area contributed by atoms with Crippen LogP contribution in [-0.4, -0.2) is 9.78 Å². The Hall–Kier alpha value is -1.61. The van der Waals surface area contributed by atoms with Crippen LogP contribution in [0.3, 0.4) is 0 Å². The van der Waals surface area contributed by atoms with E-state index in [4.69, 9.17) is 11.6 Å². The van der Waals surface area contributed by atoms with Crippen molar-refractivity contribution in [3.63, 3.8) is 0 Å². The van der Waals surface area contributed by atoms with Gasteiger partial charge in [-0.05, 0) is 38.1 Å². The molecule has 0 saturated carbocycles. The normalized spacial score (nSPS) is 10.5. The van der Waals surface area contributed by atoms with Crippen molar-refractivity contribution in [3.8, 4) is 5.75 Å². The maximum Gasteiger partial charge on any atom is 0.122 e. The van der Waals surface area contributed by atoms with E-state index >= 15 is 0 Å². The zero-order valence-corrected chi connectivity index (χ0v) is 10.6. The number of aromatic hydroxyl groups is 1. The van der Waals surface area contributed by atoms with Gasteiger partial charge < -0.3 is 10.5 Å².